The maximum atomic E-state index is 13.2. The van der Waals surface area contributed by atoms with Crippen LogP contribution in [0, 0.1) is 26.0 Å². The van der Waals surface area contributed by atoms with Gasteiger partial charge in [-0.15, -0.1) is 0 Å². The van der Waals surface area contributed by atoms with Gasteiger partial charge in [-0.1, -0.05) is 0 Å². The molecule has 172 valence electrons. The molecule has 0 aliphatic carbocycles. The minimum absolute atomic E-state index is 0.0303. The summed E-state index contributed by atoms with van der Waals surface area (Å²) in [4.78, 5) is 29.3. The summed E-state index contributed by atoms with van der Waals surface area (Å²) < 4.78 is 22.9. The Hall–Kier alpha value is -5.28. The molecule has 0 unspecified atom stereocenters. The molecule has 0 fully saturated rings. The minimum atomic E-state index is -0.807. The average Bonchev–Trinajstić information content (AvgIpc) is 3.27. The summed E-state index contributed by atoms with van der Waals surface area (Å²) in [6.45, 7) is 0. The number of nitrogens with zero attached hydrogens (tertiary/aromatic N) is 7. The SMILES string of the molecule is COc1c(/C=N/Nc2nc3nonc3nc2Nc2ccc(F)cc2)cc([N+](=O)[O-])cc1[N+](=O)[O-]. The topological polar surface area (TPSA) is 197 Å². The van der Waals surface area contributed by atoms with Crippen molar-refractivity contribution >= 4 is 46.2 Å². The van der Waals surface area contributed by atoms with Crippen LogP contribution in [0.5, 0.6) is 5.75 Å². The van der Waals surface area contributed by atoms with E-state index in [-0.39, 0.29) is 34.2 Å². The molecule has 0 saturated carbocycles. The normalized spacial score (nSPS) is 11.0. The molecule has 4 aromatic rings. The van der Waals surface area contributed by atoms with E-state index in [0.29, 0.717) is 5.69 Å². The molecular weight excluding hydrogens is 457 g/mol. The second-order valence-corrected chi connectivity index (χ2v) is 6.44. The number of benzene rings is 2. The molecule has 0 spiro atoms. The Kier molecular flexibility index (Phi) is 5.85. The maximum Gasteiger partial charge on any atom is 0.318 e. The third-order valence-electron chi connectivity index (χ3n) is 4.29. The van der Waals surface area contributed by atoms with E-state index in [2.05, 4.69) is 40.8 Å². The summed E-state index contributed by atoms with van der Waals surface area (Å²) in [5.74, 6) is -0.518. The van der Waals surface area contributed by atoms with Crippen molar-refractivity contribution in [2.75, 3.05) is 17.9 Å². The molecule has 2 aromatic carbocycles. The van der Waals surface area contributed by atoms with E-state index in [9.17, 15) is 24.6 Å². The van der Waals surface area contributed by atoms with Gasteiger partial charge in [0.1, 0.15) is 5.82 Å². The van der Waals surface area contributed by atoms with Gasteiger partial charge in [0.2, 0.25) is 17.0 Å². The van der Waals surface area contributed by atoms with Crippen molar-refractivity contribution in [1.82, 2.24) is 20.3 Å². The van der Waals surface area contributed by atoms with Crippen LogP contribution >= 0.6 is 0 Å². The standard InChI is InChI=1S/C18H12FN9O6/c1-33-14-9(6-12(27(29)30)7-13(14)28(31)32)8-20-24-16-15(21-11-4-2-10(19)3-5-11)22-17-18(23-16)26-34-25-17/h2-8H,1H3,(H,21,22,25)(H,23,24,26)/b20-8+. The molecule has 0 radical (unpaired) electrons. The van der Waals surface area contributed by atoms with Crippen LogP contribution in [-0.2, 0) is 0 Å². The molecule has 0 amide bonds. The third-order valence-corrected chi connectivity index (χ3v) is 4.29. The predicted octanol–water partition coefficient (Wildman–Crippen LogP) is 3.17. The number of anilines is 3. The first-order valence-corrected chi connectivity index (χ1v) is 9.18. The van der Waals surface area contributed by atoms with Crippen LogP contribution < -0.4 is 15.5 Å². The van der Waals surface area contributed by atoms with Crippen molar-refractivity contribution in [1.29, 1.82) is 0 Å². The number of hydrogen-bond acceptors (Lipinski definition) is 13. The second kappa shape index (κ2) is 9.07. The van der Waals surface area contributed by atoms with Gasteiger partial charge in [0.25, 0.3) is 5.69 Å². The van der Waals surface area contributed by atoms with Gasteiger partial charge in [-0.25, -0.2) is 14.0 Å². The largest absolute Gasteiger partial charge is 0.490 e. The van der Waals surface area contributed by atoms with Crippen LogP contribution in [0.4, 0.5) is 33.1 Å². The summed E-state index contributed by atoms with van der Waals surface area (Å²) in [5.41, 5.74) is 2.00. The maximum absolute atomic E-state index is 13.2. The van der Waals surface area contributed by atoms with Crippen LogP contribution in [0.25, 0.3) is 11.3 Å². The fourth-order valence-electron chi connectivity index (χ4n) is 2.82. The number of methoxy groups -OCH3 is 1. The number of hydrazone groups is 1. The Morgan fingerprint density at radius 3 is 2.35 bits per heavy atom. The van der Waals surface area contributed by atoms with Gasteiger partial charge in [-0.2, -0.15) is 10.1 Å². The van der Waals surface area contributed by atoms with Crippen molar-refractivity contribution in [2.45, 2.75) is 0 Å². The van der Waals surface area contributed by atoms with Gasteiger partial charge in [0.15, 0.2) is 11.6 Å². The first-order valence-electron chi connectivity index (χ1n) is 9.18. The lowest BCUT2D eigenvalue weighted by Crippen LogP contribution is -2.04. The van der Waals surface area contributed by atoms with E-state index in [1.54, 1.807) is 0 Å². The highest BCUT2D eigenvalue weighted by Gasteiger charge is 2.24. The van der Waals surface area contributed by atoms with Crippen molar-refractivity contribution in [3.8, 4) is 5.75 Å². The number of non-ortho nitro benzene ring substituents is 1. The molecule has 0 bridgehead atoms. The predicted molar refractivity (Wildman–Crippen MR) is 115 cm³/mol. The number of nitrogens with one attached hydrogen (secondary N) is 2. The molecule has 2 N–H and O–H groups in total. The van der Waals surface area contributed by atoms with E-state index in [1.165, 1.54) is 31.4 Å². The average molecular weight is 469 g/mol. The number of fused-ring (bicyclic) bond motifs is 1. The number of aromatic nitrogens is 4. The molecule has 34 heavy (non-hydrogen) atoms. The first kappa shape index (κ1) is 21.9. The highest BCUT2D eigenvalue weighted by atomic mass is 19.1. The molecular formula is C18H12FN9O6. The number of hydrogen-bond donors (Lipinski definition) is 2. The summed E-state index contributed by atoms with van der Waals surface area (Å²) in [6, 6.07) is 7.23. The summed E-state index contributed by atoms with van der Waals surface area (Å²) in [7, 11) is 1.18. The fraction of sp³-hybridized carbons (Fsp3) is 0.0556. The lowest BCUT2D eigenvalue weighted by molar-refractivity contribution is -0.394. The smallest absolute Gasteiger partial charge is 0.318 e. The number of rotatable bonds is 8. The summed E-state index contributed by atoms with van der Waals surface area (Å²) in [6.07, 6.45) is 1.08. The van der Waals surface area contributed by atoms with E-state index in [1.807, 2.05) is 0 Å². The van der Waals surface area contributed by atoms with E-state index >= 15 is 0 Å². The monoisotopic (exact) mass is 469 g/mol. The van der Waals surface area contributed by atoms with Gasteiger partial charge >= 0.3 is 5.69 Å². The summed E-state index contributed by atoms with van der Waals surface area (Å²) in [5, 5.41) is 36.5. The number of nitro benzene ring substituents is 2. The molecule has 0 saturated heterocycles. The zero-order chi connectivity index (χ0) is 24.2. The zero-order valence-corrected chi connectivity index (χ0v) is 17.0. The number of halogens is 1. The van der Waals surface area contributed by atoms with E-state index in [4.69, 9.17) is 4.74 Å². The molecule has 0 atom stereocenters. The van der Waals surface area contributed by atoms with Crippen LogP contribution in [0.2, 0.25) is 0 Å². The molecule has 2 heterocycles. The molecule has 2 aromatic heterocycles. The van der Waals surface area contributed by atoms with Gasteiger partial charge in [0.05, 0.1) is 34.8 Å². The fourth-order valence-corrected chi connectivity index (χ4v) is 2.82. The Morgan fingerprint density at radius 1 is 1.06 bits per heavy atom. The summed E-state index contributed by atoms with van der Waals surface area (Å²) >= 11 is 0. The first-order chi connectivity index (χ1) is 16.4. The quantitative estimate of drug-likeness (QED) is 0.217. The Labute approximate surface area is 187 Å². The van der Waals surface area contributed by atoms with Crippen LogP contribution in [0.15, 0.2) is 46.1 Å². The lowest BCUT2D eigenvalue weighted by atomic mass is 10.1. The van der Waals surface area contributed by atoms with Crippen molar-refractivity contribution in [2.24, 2.45) is 5.10 Å². The van der Waals surface area contributed by atoms with Gasteiger partial charge in [-0.05, 0) is 34.6 Å². The van der Waals surface area contributed by atoms with E-state index < -0.39 is 27.0 Å². The van der Waals surface area contributed by atoms with Crippen LogP contribution in [0.3, 0.4) is 0 Å². The highest BCUT2D eigenvalue weighted by Crippen LogP contribution is 2.34. The van der Waals surface area contributed by atoms with Crippen LogP contribution in [0.1, 0.15) is 5.56 Å². The number of nitro groups is 2. The zero-order valence-electron chi connectivity index (χ0n) is 17.0. The van der Waals surface area contributed by atoms with E-state index in [0.717, 1.165) is 18.3 Å². The Morgan fingerprint density at radius 2 is 1.74 bits per heavy atom. The number of ether oxygens (including phenoxy) is 1. The lowest BCUT2D eigenvalue weighted by Gasteiger charge is -2.09. The Balaban J connectivity index is 1.69. The van der Waals surface area contributed by atoms with Gasteiger partial charge in [0, 0.05) is 11.8 Å². The van der Waals surface area contributed by atoms with Gasteiger partial charge in [-0.3, -0.25) is 25.7 Å². The highest BCUT2D eigenvalue weighted by molar-refractivity contribution is 5.88. The van der Waals surface area contributed by atoms with Crippen molar-refractivity contribution in [3.63, 3.8) is 0 Å². The third kappa shape index (κ3) is 4.49. The second-order valence-electron chi connectivity index (χ2n) is 6.44. The van der Waals surface area contributed by atoms with Gasteiger partial charge < -0.3 is 10.1 Å². The minimum Gasteiger partial charge on any atom is -0.490 e. The van der Waals surface area contributed by atoms with Crippen molar-refractivity contribution in [3.05, 3.63) is 68.0 Å². The molecule has 0 aliphatic heterocycles. The van der Waals surface area contributed by atoms with Crippen molar-refractivity contribution < 1.29 is 23.6 Å². The molecule has 4 rings (SSSR count). The Bertz CT molecular complexity index is 1420. The molecule has 0 aliphatic rings. The van der Waals surface area contributed by atoms with Crippen LogP contribution in [-0.4, -0.2) is 43.5 Å². The molecule has 15 nitrogen and oxygen atoms in total. The molecule has 16 heteroatoms.